The predicted octanol–water partition coefficient (Wildman–Crippen LogP) is -0.532. The van der Waals surface area contributed by atoms with Crippen molar-refractivity contribution in [3.05, 3.63) is 5.21 Å². The van der Waals surface area contributed by atoms with Crippen molar-refractivity contribution in [2.45, 2.75) is 32.2 Å². The van der Waals surface area contributed by atoms with Crippen LogP contribution in [0.3, 0.4) is 0 Å². The van der Waals surface area contributed by atoms with Crippen LogP contribution in [0.25, 0.3) is 0 Å². The van der Waals surface area contributed by atoms with Crippen LogP contribution >= 0.6 is 0 Å². The Labute approximate surface area is 54.2 Å². The molecule has 9 heavy (non-hydrogen) atoms. The Morgan fingerprint density at radius 2 is 2.56 bits per heavy atom. The van der Waals surface area contributed by atoms with Crippen LogP contribution in [0.1, 0.15) is 26.2 Å². The Morgan fingerprint density at radius 1 is 1.89 bits per heavy atom. The maximum atomic E-state index is 10.8. The van der Waals surface area contributed by atoms with Gasteiger partial charge in [0, 0.05) is 6.42 Å². The van der Waals surface area contributed by atoms with Crippen molar-refractivity contribution in [2.24, 2.45) is 0 Å². The summed E-state index contributed by atoms with van der Waals surface area (Å²) >= 11 is 0. The number of amides is 1. The van der Waals surface area contributed by atoms with E-state index in [9.17, 15) is 10.0 Å². The van der Waals surface area contributed by atoms with Gasteiger partial charge in [0.2, 0.25) is 0 Å². The Kier molecular flexibility index (Phi) is 1.83. The zero-order valence-electron chi connectivity index (χ0n) is 5.52. The Bertz CT molecular complexity index is 124. The smallest absolute Gasteiger partial charge is 0.312 e. The molecule has 0 aromatic carbocycles. The molecular formula is C6H11NO2. The monoisotopic (exact) mass is 129 g/mol. The van der Waals surface area contributed by atoms with Gasteiger partial charge < -0.3 is 10.3 Å². The van der Waals surface area contributed by atoms with Crippen LogP contribution in [0.4, 0.5) is 0 Å². The van der Waals surface area contributed by atoms with Gasteiger partial charge in [-0.05, 0) is 6.42 Å². The summed E-state index contributed by atoms with van der Waals surface area (Å²) in [4.78, 5) is 10.6. The maximum absolute atomic E-state index is 10.8. The lowest BCUT2D eigenvalue weighted by atomic mass is 10.2. The number of carbonyl (C=O) groups is 1. The highest BCUT2D eigenvalue weighted by Crippen LogP contribution is 2.03. The van der Waals surface area contributed by atoms with E-state index in [0.29, 0.717) is 6.42 Å². The summed E-state index contributed by atoms with van der Waals surface area (Å²) in [6.45, 7) is 1.95. The number of hydroxylamine groups is 2. The second kappa shape index (κ2) is 2.45. The van der Waals surface area contributed by atoms with Crippen molar-refractivity contribution < 1.29 is 9.86 Å². The molecule has 2 atom stereocenters. The Hall–Kier alpha value is -0.410. The van der Waals surface area contributed by atoms with Gasteiger partial charge in [-0.15, -0.1) is 0 Å². The highest BCUT2D eigenvalue weighted by molar-refractivity contribution is 5.68. The fraction of sp³-hybridized carbons (Fsp3) is 0.833. The first-order chi connectivity index (χ1) is 4.25. The van der Waals surface area contributed by atoms with E-state index in [1.165, 1.54) is 0 Å². The molecule has 1 fully saturated rings. The van der Waals surface area contributed by atoms with Gasteiger partial charge in [-0.1, -0.05) is 6.92 Å². The molecule has 1 saturated heterocycles. The highest BCUT2D eigenvalue weighted by Gasteiger charge is 2.28. The molecule has 0 saturated carbocycles. The van der Waals surface area contributed by atoms with E-state index in [4.69, 9.17) is 0 Å². The minimum atomic E-state index is -0.165. The van der Waals surface area contributed by atoms with Crippen molar-refractivity contribution in [3.8, 4) is 0 Å². The van der Waals surface area contributed by atoms with Crippen LogP contribution in [0.15, 0.2) is 0 Å². The number of quaternary nitrogens is 1. The van der Waals surface area contributed by atoms with Crippen molar-refractivity contribution in [2.75, 3.05) is 0 Å². The molecule has 52 valence electrons. The molecular weight excluding hydrogens is 118 g/mol. The zero-order valence-corrected chi connectivity index (χ0v) is 5.52. The van der Waals surface area contributed by atoms with Crippen molar-refractivity contribution >= 4 is 5.91 Å². The quantitative estimate of drug-likeness (QED) is 0.484. The predicted molar refractivity (Wildman–Crippen MR) is 32.6 cm³/mol. The average molecular weight is 129 g/mol. The summed E-state index contributed by atoms with van der Waals surface area (Å²) in [5.41, 5.74) is 0. The summed E-state index contributed by atoms with van der Waals surface area (Å²) < 4.78 is 0. The second-order valence-corrected chi connectivity index (χ2v) is 2.43. The molecule has 1 aliphatic heterocycles. The Balaban J connectivity index is 2.51. The van der Waals surface area contributed by atoms with Crippen LogP contribution in [-0.2, 0) is 4.79 Å². The normalized spacial score (nSPS) is 35.6. The van der Waals surface area contributed by atoms with Gasteiger partial charge in [0.25, 0.3) is 0 Å². The van der Waals surface area contributed by atoms with Gasteiger partial charge in [-0.3, -0.25) is 0 Å². The van der Waals surface area contributed by atoms with E-state index in [0.717, 1.165) is 12.8 Å². The lowest BCUT2D eigenvalue weighted by Crippen LogP contribution is -3.11. The van der Waals surface area contributed by atoms with Crippen LogP contribution in [-0.4, -0.2) is 11.9 Å². The van der Waals surface area contributed by atoms with Crippen LogP contribution in [0, 0.1) is 5.21 Å². The standard InChI is InChI=1S/C6H11NO2/c1-2-5-3-4-6(8)7(5)9/h5,7H,2-4H2,1H3. The first kappa shape index (κ1) is 6.71. The average Bonchev–Trinajstić information content (AvgIpc) is 2.15. The molecule has 0 aromatic heterocycles. The highest BCUT2D eigenvalue weighted by atomic mass is 16.5. The third-order valence-corrected chi connectivity index (χ3v) is 1.86. The van der Waals surface area contributed by atoms with Crippen molar-refractivity contribution in [1.29, 1.82) is 0 Å². The number of rotatable bonds is 1. The van der Waals surface area contributed by atoms with E-state index >= 15 is 0 Å². The van der Waals surface area contributed by atoms with Crippen molar-refractivity contribution in [1.82, 2.24) is 0 Å². The van der Waals surface area contributed by atoms with Crippen molar-refractivity contribution in [3.63, 3.8) is 0 Å². The molecule has 1 amide bonds. The van der Waals surface area contributed by atoms with Gasteiger partial charge in [0.15, 0.2) is 0 Å². The molecule has 0 spiro atoms. The lowest BCUT2D eigenvalue weighted by molar-refractivity contribution is -0.785. The van der Waals surface area contributed by atoms with Gasteiger partial charge in [0.05, 0.1) is 12.5 Å². The molecule has 1 heterocycles. The number of hydrogen-bond acceptors (Lipinski definition) is 2. The van der Waals surface area contributed by atoms with E-state index in [2.05, 4.69) is 0 Å². The molecule has 0 aromatic rings. The third kappa shape index (κ3) is 1.11. The first-order valence-corrected chi connectivity index (χ1v) is 3.32. The fourth-order valence-corrected chi connectivity index (χ4v) is 1.18. The number of hydrogen-bond donors (Lipinski definition) is 1. The summed E-state index contributed by atoms with van der Waals surface area (Å²) in [6, 6.07) is 0.0532. The second-order valence-electron chi connectivity index (χ2n) is 2.43. The molecule has 3 heteroatoms. The van der Waals surface area contributed by atoms with Gasteiger partial charge in [-0.25, -0.2) is 4.79 Å². The molecule has 1 rings (SSSR count). The third-order valence-electron chi connectivity index (χ3n) is 1.86. The molecule has 3 nitrogen and oxygen atoms in total. The molecule has 2 unspecified atom stereocenters. The minimum Gasteiger partial charge on any atom is -0.627 e. The summed E-state index contributed by atoms with van der Waals surface area (Å²) in [5, 5.41) is 10.6. The molecule has 0 bridgehead atoms. The molecule has 0 radical (unpaired) electrons. The van der Waals surface area contributed by atoms with Gasteiger partial charge in [-0.2, -0.15) is 0 Å². The molecule has 1 N–H and O–H groups in total. The minimum absolute atomic E-state index is 0.0532. The van der Waals surface area contributed by atoms with Gasteiger partial charge >= 0.3 is 5.91 Å². The number of carbonyl (C=O) groups excluding carboxylic acids is 1. The zero-order chi connectivity index (χ0) is 6.85. The number of nitrogens with one attached hydrogen (secondary N) is 1. The van der Waals surface area contributed by atoms with Crippen LogP contribution in [0.5, 0.6) is 0 Å². The van der Waals surface area contributed by atoms with Gasteiger partial charge in [0.1, 0.15) is 0 Å². The maximum Gasteiger partial charge on any atom is 0.312 e. The van der Waals surface area contributed by atoms with E-state index in [1.807, 2.05) is 6.92 Å². The van der Waals surface area contributed by atoms with E-state index in [1.54, 1.807) is 0 Å². The van der Waals surface area contributed by atoms with Crippen LogP contribution in [0.2, 0.25) is 0 Å². The van der Waals surface area contributed by atoms with Crippen LogP contribution < -0.4 is 5.06 Å². The van der Waals surface area contributed by atoms with E-state index in [-0.39, 0.29) is 17.0 Å². The molecule has 0 aliphatic carbocycles. The summed E-state index contributed by atoms with van der Waals surface area (Å²) in [7, 11) is 0. The lowest BCUT2D eigenvalue weighted by Gasteiger charge is -2.19. The largest absolute Gasteiger partial charge is 0.627 e. The summed E-state index contributed by atoms with van der Waals surface area (Å²) in [5.74, 6) is -0.165. The fourth-order valence-electron chi connectivity index (χ4n) is 1.18. The first-order valence-electron chi connectivity index (χ1n) is 3.32. The topological polar surface area (TPSA) is 44.6 Å². The Morgan fingerprint density at radius 3 is 2.78 bits per heavy atom. The molecule has 1 aliphatic rings. The van der Waals surface area contributed by atoms with E-state index < -0.39 is 0 Å². The summed E-state index contributed by atoms with van der Waals surface area (Å²) in [6.07, 6.45) is 2.09. The SMILES string of the molecule is CCC1CCC(=O)[NH+]1[O-].